The van der Waals surface area contributed by atoms with Crippen LogP contribution >= 0.6 is 0 Å². The van der Waals surface area contributed by atoms with Gasteiger partial charge in [-0.2, -0.15) is 5.10 Å². The summed E-state index contributed by atoms with van der Waals surface area (Å²) in [6.45, 7) is 4.00. The first kappa shape index (κ1) is 7.28. The molecule has 0 unspecified atom stereocenters. The lowest BCUT2D eigenvalue weighted by Gasteiger charge is -2.16. The van der Waals surface area contributed by atoms with Crippen molar-refractivity contribution in [2.75, 3.05) is 0 Å². The Hall–Kier alpha value is -0.830. The molecule has 0 atom stereocenters. The minimum atomic E-state index is -0.695. The summed E-state index contributed by atoms with van der Waals surface area (Å²) in [6, 6.07) is 2.79. The third-order valence-electron chi connectivity index (χ3n) is 1.05. The van der Waals surface area contributed by atoms with Crippen LogP contribution in [0.15, 0.2) is 12.4 Å². The molecule has 3 nitrogen and oxygen atoms in total. The summed E-state index contributed by atoms with van der Waals surface area (Å²) in [5.74, 6) is 0. The molecule has 0 aliphatic carbocycles. The van der Waals surface area contributed by atoms with Gasteiger partial charge in [-0.3, -0.25) is 4.68 Å². The van der Waals surface area contributed by atoms with Crippen molar-refractivity contribution in [2.45, 2.75) is 26.0 Å². The second-order valence-electron chi connectivity index (χ2n) is 2.95. The van der Waals surface area contributed by atoms with Crippen LogP contribution in [0.1, 0.15) is 13.8 Å². The quantitative estimate of drug-likeness (QED) is 0.646. The van der Waals surface area contributed by atoms with Crippen LogP contribution in [0.3, 0.4) is 0 Å². The van der Waals surface area contributed by atoms with Gasteiger partial charge in [0, 0.05) is 12.3 Å². The SMILES string of the molecule is CC(C)(O)Cn1c[c]cn1. The lowest BCUT2D eigenvalue weighted by atomic mass is 10.1. The van der Waals surface area contributed by atoms with Crippen molar-refractivity contribution in [2.24, 2.45) is 0 Å². The van der Waals surface area contributed by atoms with Gasteiger partial charge in [-0.05, 0) is 13.8 Å². The van der Waals surface area contributed by atoms with Gasteiger partial charge in [-0.15, -0.1) is 0 Å². The molecule has 1 rings (SSSR count). The molecule has 1 aromatic rings. The maximum Gasteiger partial charge on any atom is 0.0786 e. The minimum Gasteiger partial charge on any atom is -0.389 e. The maximum absolute atomic E-state index is 9.31. The standard InChI is InChI=1S/C7H11N2O/c1-7(2,10)6-9-5-3-4-8-9/h4-5,10H,6H2,1-2H3. The highest BCUT2D eigenvalue weighted by Gasteiger charge is 2.12. The Morgan fingerprint density at radius 2 is 2.40 bits per heavy atom. The Bertz CT molecular complexity index is 186. The summed E-state index contributed by atoms with van der Waals surface area (Å²) in [6.07, 6.45) is 3.28. The molecule has 0 spiro atoms. The number of hydrogen-bond acceptors (Lipinski definition) is 2. The third kappa shape index (κ3) is 2.19. The molecule has 0 saturated heterocycles. The summed E-state index contributed by atoms with van der Waals surface area (Å²) in [7, 11) is 0. The van der Waals surface area contributed by atoms with E-state index in [1.807, 2.05) is 0 Å². The largest absolute Gasteiger partial charge is 0.389 e. The number of nitrogens with zero attached hydrogens (tertiary/aromatic N) is 2. The van der Waals surface area contributed by atoms with Gasteiger partial charge in [0.05, 0.1) is 18.3 Å². The first-order valence-corrected chi connectivity index (χ1v) is 3.19. The lowest BCUT2D eigenvalue weighted by Crippen LogP contribution is -2.26. The molecule has 1 radical (unpaired) electrons. The zero-order valence-electron chi connectivity index (χ0n) is 6.20. The van der Waals surface area contributed by atoms with Crippen molar-refractivity contribution < 1.29 is 5.11 Å². The summed E-state index contributed by atoms with van der Waals surface area (Å²) in [5, 5.41) is 13.2. The molecule has 1 aromatic heterocycles. The number of rotatable bonds is 2. The number of aliphatic hydroxyl groups is 1. The van der Waals surface area contributed by atoms with Crippen molar-refractivity contribution in [1.82, 2.24) is 9.78 Å². The maximum atomic E-state index is 9.31. The molecule has 0 aliphatic heterocycles. The molecular formula is C7H11N2O. The van der Waals surface area contributed by atoms with Crippen LogP contribution in [0.5, 0.6) is 0 Å². The normalized spacial score (nSPS) is 11.9. The second-order valence-corrected chi connectivity index (χ2v) is 2.95. The number of hydrogen-bond donors (Lipinski definition) is 1. The zero-order chi connectivity index (χ0) is 7.61. The van der Waals surface area contributed by atoms with E-state index >= 15 is 0 Å². The van der Waals surface area contributed by atoms with E-state index < -0.39 is 5.60 Å². The van der Waals surface area contributed by atoms with Crippen LogP contribution < -0.4 is 0 Å². The Kier molecular flexibility index (Phi) is 1.76. The van der Waals surface area contributed by atoms with E-state index in [1.165, 1.54) is 0 Å². The number of aromatic nitrogens is 2. The average Bonchev–Trinajstić information content (AvgIpc) is 2.12. The summed E-state index contributed by atoms with van der Waals surface area (Å²) >= 11 is 0. The topological polar surface area (TPSA) is 38.0 Å². The van der Waals surface area contributed by atoms with Crippen molar-refractivity contribution in [3.8, 4) is 0 Å². The van der Waals surface area contributed by atoms with Gasteiger partial charge in [0.2, 0.25) is 0 Å². The highest BCUT2D eigenvalue weighted by molar-refractivity contribution is 4.77. The van der Waals surface area contributed by atoms with Gasteiger partial charge < -0.3 is 5.11 Å². The second kappa shape index (κ2) is 2.42. The molecule has 1 heterocycles. The van der Waals surface area contributed by atoms with E-state index in [2.05, 4.69) is 11.2 Å². The van der Waals surface area contributed by atoms with Gasteiger partial charge in [-0.1, -0.05) is 0 Å². The summed E-state index contributed by atoms with van der Waals surface area (Å²) in [4.78, 5) is 0. The monoisotopic (exact) mass is 139 g/mol. The predicted octanol–water partition coefficient (Wildman–Crippen LogP) is 0.454. The molecule has 0 fully saturated rings. The van der Waals surface area contributed by atoms with Crippen LogP contribution in [0.25, 0.3) is 0 Å². The molecule has 0 aliphatic rings. The highest BCUT2D eigenvalue weighted by atomic mass is 16.3. The molecular weight excluding hydrogens is 128 g/mol. The predicted molar refractivity (Wildman–Crippen MR) is 37.4 cm³/mol. The first-order valence-electron chi connectivity index (χ1n) is 3.19. The average molecular weight is 139 g/mol. The zero-order valence-corrected chi connectivity index (χ0v) is 6.20. The van der Waals surface area contributed by atoms with Crippen LogP contribution in [0.4, 0.5) is 0 Å². The Labute approximate surface area is 60.3 Å². The first-order chi connectivity index (χ1) is 4.58. The van der Waals surface area contributed by atoms with Crippen LogP contribution in [-0.4, -0.2) is 20.5 Å². The van der Waals surface area contributed by atoms with Crippen LogP contribution in [0, 0.1) is 6.07 Å². The molecule has 55 valence electrons. The molecule has 1 N–H and O–H groups in total. The van der Waals surface area contributed by atoms with E-state index in [1.54, 1.807) is 30.9 Å². The highest BCUT2D eigenvalue weighted by Crippen LogP contribution is 2.03. The molecule has 0 saturated carbocycles. The van der Waals surface area contributed by atoms with Crippen molar-refractivity contribution in [1.29, 1.82) is 0 Å². The smallest absolute Gasteiger partial charge is 0.0786 e. The van der Waals surface area contributed by atoms with E-state index in [-0.39, 0.29) is 0 Å². The molecule has 0 bridgehead atoms. The van der Waals surface area contributed by atoms with E-state index in [9.17, 15) is 5.11 Å². The Balaban J connectivity index is 2.57. The van der Waals surface area contributed by atoms with Crippen LogP contribution in [-0.2, 0) is 6.54 Å². The van der Waals surface area contributed by atoms with Crippen molar-refractivity contribution in [3.63, 3.8) is 0 Å². The summed E-state index contributed by atoms with van der Waals surface area (Å²) in [5.41, 5.74) is -0.695. The third-order valence-corrected chi connectivity index (χ3v) is 1.05. The minimum absolute atomic E-state index is 0.510. The van der Waals surface area contributed by atoms with Crippen molar-refractivity contribution >= 4 is 0 Å². The van der Waals surface area contributed by atoms with Gasteiger partial charge >= 0.3 is 0 Å². The molecule has 0 aromatic carbocycles. The molecule has 10 heavy (non-hydrogen) atoms. The Morgan fingerprint density at radius 3 is 2.80 bits per heavy atom. The lowest BCUT2D eigenvalue weighted by molar-refractivity contribution is 0.0577. The molecule has 3 heteroatoms. The summed E-state index contributed by atoms with van der Waals surface area (Å²) < 4.78 is 1.65. The fourth-order valence-corrected chi connectivity index (χ4v) is 0.743. The molecule has 0 amide bonds. The fourth-order valence-electron chi connectivity index (χ4n) is 0.743. The Morgan fingerprint density at radius 1 is 1.70 bits per heavy atom. The van der Waals surface area contributed by atoms with E-state index in [0.29, 0.717) is 6.54 Å². The van der Waals surface area contributed by atoms with Crippen LogP contribution in [0.2, 0.25) is 0 Å². The van der Waals surface area contributed by atoms with Gasteiger partial charge in [0.1, 0.15) is 0 Å². The van der Waals surface area contributed by atoms with Crippen molar-refractivity contribution in [3.05, 3.63) is 18.5 Å². The fraction of sp³-hybridized carbons (Fsp3) is 0.571. The van der Waals surface area contributed by atoms with Gasteiger partial charge in [0.15, 0.2) is 0 Å². The van der Waals surface area contributed by atoms with Gasteiger partial charge in [0.25, 0.3) is 0 Å². The van der Waals surface area contributed by atoms with E-state index in [4.69, 9.17) is 0 Å². The van der Waals surface area contributed by atoms with Gasteiger partial charge in [-0.25, -0.2) is 0 Å². The van der Waals surface area contributed by atoms with E-state index in [0.717, 1.165) is 0 Å².